The van der Waals surface area contributed by atoms with E-state index in [2.05, 4.69) is 27.3 Å². The zero-order valence-electron chi connectivity index (χ0n) is 17.6. The number of aromatic nitrogens is 4. The van der Waals surface area contributed by atoms with Gasteiger partial charge in [-0.2, -0.15) is 4.68 Å². The summed E-state index contributed by atoms with van der Waals surface area (Å²) in [6, 6.07) is 6.29. The van der Waals surface area contributed by atoms with Crippen molar-refractivity contribution in [1.29, 1.82) is 0 Å². The second-order valence-corrected chi connectivity index (χ2v) is 7.84. The fraction of sp³-hybridized carbons (Fsp3) is 0.619. The van der Waals surface area contributed by atoms with Crippen molar-refractivity contribution in [3.8, 4) is 17.2 Å². The van der Waals surface area contributed by atoms with Crippen molar-refractivity contribution < 1.29 is 9.47 Å². The first-order valence-corrected chi connectivity index (χ1v) is 10.9. The minimum absolute atomic E-state index is 0.623. The molecule has 0 atom stereocenters. The van der Waals surface area contributed by atoms with Gasteiger partial charge >= 0.3 is 0 Å². The maximum Gasteiger partial charge on any atom is 0.162 e. The van der Waals surface area contributed by atoms with Crippen LogP contribution in [0, 0.1) is 0 Å². The lowest BCUT2D eigenvalue weighted by Gasteiger charge is -2.35. The minimum Gasteiger partial charge on any atom is -0.493 e. The van der Waals surface area contributed by atoms with Gasteiger partial charge in [-0.1, -0.05) is 31.5 Å². The molecule has 0 spiro atoms. The molecule has 7 nitrogen and oxygen atoms in total. The first kappa shape index (κ1) is 21.5. The molecule has 1 aromatic carbocycles. The number of thiocarbonyl (C=S) groups is 1. The van der Waals surface area contributed by atoms with E-state index in [0.29, 0.717) is 17.5 Å². The molecule has 0 bridgehead atoms. The number of ether oxygens (including phenoxy) is 2. The normalized spacial score (nSPS) is 14.6. The van der Waals surface area contributed by atoms with Crippen molar-refractivity contribution in [2.24, 2.45) is 0 Å². The highest BCUT2D eigenvalue weighted by Gasteiger charge is 2.21. The molecule has 1 aromatic heterocycles. The molecule has 158 valence electrons. The van der Waals surface area contributed by atoms with Gasteiger partial charge < -0.3 is 14.4 Å². The highest BCUT2D eigenvalue weighted by molar-refractivity contribution is 7.80. The van der Waals surface area contributed by atoms with Crippen LogP contribution in [0.25, 0.3) is 5.69 Å². The third-order valence-corrected chi connectivity index (χ3v) is 6.05. The second-order valence-electron chi connectivity index (χ2n) is 7.37. The Hall–Kier alpha value is -2.22. The maximum atomic E-state index is 5.77. The van der Waals surface area contributed by atoms with E-state index in [1.807, 2.05) is 18.2 Å². The molecule has 0 aliphatic heterocycles. The molecule has 0 N–H and O–H groups in total. The van der Waals surface area contributed by atoms with Crippen molar-refractivity contribution in [3.63, 3.8) is 0 Å². The van der Waals surface area contributed by atoms with Gasteiger partial charge in [0.1, 0.15) is 0 Å². The molecule has 1 heterocycles. The SMILES string of the molecule is CCN(C(=S)CCCc1nnnn1-c1ccc(OC)c(OC)c1)C1CCCCC1. The predicted molar refractivity (Wildman–Crippen MR) is 117 cm³/mol. The van der Waals surface area contributed by atoms with E-state index in [1.54, 1.807) is 18.9 Å². The average Bonchev–Trinajstić information content (AvgIpc) is 3.23. The molecule has 0 saturated heterocycles. The first-order chi connectivity index (χ1) is 14.2. The van der Waals surface area contributed by atoms with E-state index in [4.69, 9.17) is 21.7 Å². The van der Waals surface area contributed by atoms with Crippen LogP contribution < -0.4 is 9.47 Å². The summed E-state index contributed by atoms with van der Waals surface area (Å²) in [4.78, 5) is 3.51. The number of methoxy groups -OCH3 is 2. The van der Waals surface area contributed by atoms with Crippen LogP contribution in [0.1, 0.15) is 57.7 Å². The number of benzene rings is 1. The van der Waals surface area contributed by atoms with Gasteiger partial charge in [0.05, 0.1) is 24.9 Å². The smallest absolute Gasteiger partial charge is 0.162 e. The van der Waals surface area contributed by atoms with Gasteiger partial charge in [-0.25, -0.2) is 0 Å². The second kappa shape index (κ2) is 10.5. The summed E-state index contributed by atoms with van der Waals surface area (Å²) in [6.45, 7) is 3.20. The summed E-state index contributed by atoms with van der Waals surface area (Å²) in [7, 11) is 3.24. The first-order valence-electron chi connectivity index (χ1n) is 10.5. The molecule has 3 rings (SSSR count). The average molecular weight is 418 g/mol. The molecule has 0 unspecified atom stereocenters. The van der Waals surface area contributed by atoms with Crippen LogP contribution in [0.3, 0.4) is 0 Å². The summed E-state index contributed by atoms with van der Waals surface area (Å²) in [5.41, 5.74) is 0.850. The third-order valence-electron chi connectivity index (χ3n) is 5.61. The van der Waals surface area contributed by atoms with Gasteiger partial charge in [0.2, 0.25) is 0 Å². The maximum absolute atomic E-state index is 5.77. The summed E-state index contributed by atoms with van der Waals surface area (Å²) in [5, 5.41) is 12.2. The summed E-state index contributed by atoms with van der Waals surface area (Å²) in [5.74, 6) is 2.15. The van der Waals surface area contributed by atoms with Gasteiger partial charge in [0, 0.05) is 25.1 Å². The molecule has 1 saturated carbocycles. The molecule has 8 heteroatoms. The molecular weight excluding hydrogens is 386 g/mol. The molecule has 2 aromatic rings. The number of hydrogen-bond acceptors (Lipinski definition) is 6. The Morgan fingerprint density at radius 2 is 1.93 bits per heavy atom. The highest BCUT2D eigenvalue weighted by atomic mass is 32.1. The molecule has 1 fully saturated rings. The van der Waals surface area contributed by atoms with Crippen molar-refractivity contribution in [2.45, 2.75) is 64.3 Å². The molecule has 29 heavy (non-hydrogen) atoms. The molecule has 0 radical (unpaired) electrons. The standard InChI is InChI=1S/C21H31N5O2S/c1-4-25(16-9-6-5-7-10-16)21(29)12-8-11-20-22-23-24-26(20)17-13-14-18(27-2)19(15-17)28-3/h13-16H,4-12H2,1-3H3. The van der Waals surface area contributed by atoms with Gasteiger partial charge in [-0.15, -0.1) is 5.10 Å². The Kier molecular flexibility index (Phi) is 7.80. The Balaban J connectivity index is 1.61. The van der Waals surface area contributed by atoms with Crippen molar-refractivity contribution in [1.82, 2.24) is 25.1 Å². The number of aryl methyl sites for hydroxylation is 1. The molecular formula is C21H31N5O2S. The molecule has 1 aliphatic rings. The van der Waals surface area contributed by atoms with Gasteiger partial charge in [-0.3, -0.25) is 0 Å². The van der Waals surface area contributed by atoms with Crippen LogP contribution in [0.15, 0.2) is 18.2 Å². The van der Waals surface area contributed by atoms with Gasteiger partial charge in [0.25, 0.3) is 0 Å². The Morgan fingerprint density at radius 3 is 2.62 bits per heavy atom. The zero-order chi connectivity index (χ0) is 20.6. The number of hydrogen-bond donors (Lipinski definition) is 0. The van der Waals surface area contributed by atoms with E-state index in [9.17, 15) is 0 Å². The number of tetrazole rings is 1. The minimum atomic E-state index is 0.623. The van der Waals surface area contributed by atoms with E-state index in [0.717, 1.165) is 42.3 Å². The lowest BCUT2D eigenvalue weighted by molar-refractivity contribution is 0.252. The fourth-order valence-electron chi connectivity index (χ4n) is 4.09. The monoisotopic (exact) mass is 417 g/mol. The fourth-order valence-corrected chi connectivity index (χ4v) is 4.51. The lowest BCUT2D eigenvalue weighted by Crippen LogP contribution is -2.40. The van der Waals surface area contributed by atoms with Gasteiger partial charge in [0.15, 0.2) is 17.3 Å². The van der Waals surface area contributed by atoms with E-state index >= 15 is 0 Å². The molecule has 0 amide bonds. The Bertz CT molecular complexity index is 804. The summed E-state index contributed by atoms with van der Waals surface area (Å²) >= 11 is 5.77. The topological polar surface area (TPSA) is 65.3 Å². The quantitative estimate of drug-likeness (QED) is 0.572. The van der Waals surface area contributed by atoms with Crippen molar-refractivity contribution in [2.75, 3.05) is 20.8 Å². The molecule has 1 aliphatic carbocycles. The van der Waals surface area contributed by atoms with E-state index in [-0.39, 0.29) is 0 Å². The van der Waals surface area contributed by atoms with E-state index < -0.39 is 0 Å². The van der Waals surface area contributed by atoms with Gasteiger partial charge in [-0.05, 0) is 55.2 Å². The van der Waals surface area contributed by atoms with Crippen molar-refractivity contribution >= 4 is 17.2 Å². The number of nitrogens with zero attached hydrogens (tertiary/aromatic N) is 5. The Labute approximate surface area is 178 Å². The summed E-state index contributed by atoms with van der Waals surface area (Å²) in [6.07, 6.45) is 9.13. The lowest BCUT2D eigenvalue weighted by atomic mass is 9.94. The predicted octanol–water partition coefficient (Wildman–Crippen LogP) is 3.98. The van der Waals surface area contributed by atoms with Crippen LogP contribution in [-0.2, 0) is 6.42 Å². The van der Waals surface area contributed by atoms with Crippen LogP contribution in [0.4, 0.5) is 0 Å². The summed E-state index contributed by atoms with van der Waals surface area (Å²) < 4.78 is 12.5. The van der Waals surface area contributed by atoms with Crippen LogP contribution in [0.2, 0.25) is 0 Å². The van der Waals surface area contributed by atoms with Crippen LogP contribution >= 0.6 is 12.2 Å². The Morgan fingerprint density at radius 1 is 1.17 bits per heavy atom. The zero-order valence-corrected chi connectivity index (χ0v) is 18.5. The van der Waals surface area contributed by atoms with Crippen LogP contribution in [-0.4, -0.2) is 56.9 Å². The van der Waals surface area contributed by atoms with Crippen molar-refractivity contribution in [3.05, 3.63) is 24.0 Å². The van der Waals surface area contributed by atoms with E-state index in [1.165, 1.54) is 32.1 Å². The third kappa shape index (κ3) is 5.23. The largest absolute Gasteiger partial charge is 0.493 e. The highest BCUT2D eigenvalue weighted by Crippen LogP contribution is 2.29. The van der Waals surface area contributed by atoms with Crippen LogP contribution in [0.5, 0.6) is 11.5 Å². The number of rotatable bonds is 9.